The van der Waals surface area contributed by atoms with Crippen LogP contribution in [0, 0.1) is 11.3 Å². The summed E-state index contributed by atoms with van der Waals surface area (Å²) in [6, 6.07) is 8.27. The number of rotatable bonds is 5. The van der Waals surface area contributed by atoms with Gasteiger partial charge in [-0.2, -0.15) is 5.26 Å². The number of nitriles is 1. The monoisotopic (exact) mass is 274 g/mol. The van der Waals surface area contributed by atoms with E-state index in [2.05, 4.69) is 18.0 Å². The van der Waals surface area contributed by atoms with Crippen molar-refractivity contribution in [2.24, 2.45) is 0 Å². The molecule has 1 aromatic rings. The Kier molecular flexibility index (Phi) is 4.74. The Morgan fingerprint density at radius 1 is 1.50 bits per heavy atom. The van der Waals surface area contributed by atoms with Crippen LogP contribution in [-0.2, 0) is 14.9 Å². The molecule has 20 heavy (non-hydrogen) atoms. The number of nitrogens with zero attached hydrogens (tertiary/aromatic N) is 2. The van der Waals surface area contributed by atoms with Gasteiger partial charge in [0.2, 0.25) is 0 Å². The Balaban J connectivity index is 2.27. The molecule has 0 spiro atoms. The van der Waals surface area contributed by atoms with Crippen LogP contribution in [0.25, 0.3) is 0 Å². The second-order valence-electron chi connectivity index (χ2n) is 5.80. The molecule has 0 saturated carbocycles. The first-order chi connectivity index (χ1) is 9.64. The van der Waals surface area contributed by atoms with Crippen molar-refractivity contribution in [3.8, 4) is 6.07 Å². The third kappa shape index (κ3) is 3.17. The Morgan fingerprint density at radius 2 is 2.35 bits per heavy atom. The summed E-state index contributed by atoms with van der Waals surface area (Å²) in [5, 5.41) is 9.25. The molecule has 4 nitrogen and oxygen atoms in total. The van der Waals surface area contributed by atoms with Gasteiger partial charge in [-0.25, -0.2) is 0 Å². The van der Waals surface area contributed by atoms with E-state index < -0.39 is 0 Å². The maximum absolute atomic E-state index is 9.25. The third-order valence-corrected chi connectivity index (χ3v) is 4.20. The van der Waals surface area contributed by atoms with E-state index in [1.54, 1.807) is 13.3 Å². The van der Waals surface area contributed by atoms with Gasteiger partial charge in [0.1, 0.15) is 0 Å². The Labute approximate surface area is 120 Å². The molecule has 1 aliphatic heterocycles. The Bertz CT molecular complexity index is 471. The lowest BCUT2D eigenvalue weighted by Crippen LogP contribution is -2.46. The van der Waals surface area contributed by atoms with Crippen LogP contribution in [0.2, 0.25) is 0 Å². The smallest absolute Gasteiger partial charge is 0.0685 e. The average molecular weight is 274 g/mol. The van der Waals surface area contributed by atoms with Gasteiger partial charge < -0.3 is 9.47 Å². The average Bonchev–Trinajstić information content (AvgIpc) is 2.47. The second-order valence-corrected chi connectivity index (χ2v) is 5.80. The fourth-order valence-electron chi connectivity index (χ4n) is 3.11. The van der Waals surface area contributed by atoms with Crippen molar-refractivity contribution in [1.82, 2.24) is 4.98 Å². The molecule has 0 amide bonds. The van der Waals surface area contributed by atoms with E-state index in [-0.39, 0.29) is 11.0 Å². The number of pyridine rings is 1. The van der Waals surface area contributed by atoms with Crippen LogP contribution >= 0.6 is 0 Å². The van der Waals surface area contributed by atoms with Gasteiger partial charge in [0.15, 0.2) is 0 Å². The van der Waals surface area contributed by atoms with Gasteiger partial charge in [0.25, 0.3) is 0 Å². The number of hydrogen-bond acceptors (Lipinski definition) is 4. The van der Waals surface area contributed by atoms with Crippen molar-refractivity contribution < 1.29 is 9.47 Å². The zero-order valence-electron chi connectivity index (χ0n) is 12.3. The number of methoxy groups -OCH3 is 1. The zero-order chi connectivity index (χ0) is 14.5. The van der Waals surface area contributed by atoms with Gasteiger partial charge in [0.05, 0.1) is 11.7 Å². The molecular formula is C16H22N2O2. The van der Waals surface area contributed by atoms with Gasteiger partial charge >= 0.3 is 0 Å². The molecule has 0 radical (unpaired) electrons. The first-order valence-electron chi connectivity index (χ1n) is 7.06. The molecule has 4 heteroatoms. The summed E-state index contributed by atoms with van der Waals surface area (Å²) < 4.78 is 11.2. The Morgan fingerprint density at radius 3 is 3.00 bits per heavy atom. The van der Waals surface area contributed by atoms with E-state index in [0.717, 1.165) is 25.0 Å². The van der Waals surface area contributed by atoms with Crippen molar-refractivity contribution in [1.29, 1.82) is 5.26 Å². The highest BCUT2D eigenvalue weighted by Crippen LogP contribution is 2.44. The quantitative estimate of drug-likeness (QED) is 0.828. The molecule has 2 atom stereocenters. The van der Waals surface area contributed by atoms with E-state index in [1.165, 1.54) is 0 Å². The molecule has 1 aliphatic rings. The van der Waals surface area contributed by atoms with Crippen LogP contribution < -0.4 is 0 Å². The van der Waals surface area contributed by atoms with E-state index in [1.807, 2.05) is 18.2 Å². The largest absolute Gasteiger partial charge is 0.385 e. The molecule has 0 unspecified atom stereocenters. The predicted octanol–water partition coefficient (Wildman–Crippen LogP) is 2.84. The normalized spacial score (nSPS) is 29.9. The van der Waals surface area contributed by atoms with Crippen molar-refractivity contribution in [2.75, 3.05) is 20.3 Å². The van der Waals surface area contributed by atoms with Crippen molar-refractivity contribution in [2.45, 2.75) is 43.6 Å². The summed E-state index contributed by atoms with van der Waals surface area (Å²) in [7, 11) is 1.70. The molecule has 1 fully saturated rings. The van der Waals surface area contributed by atoms with Crippen LogP contribution in [0.3, 0.4) is 0 Å². The molecule has 2 rings (SSSR count). The molecular weight excluding hydrogens is 252 g/mol. The summed E-state index contributed by atoms with van der Waals surface area (Å²) in [6.07, 6.45) is 4.78. The van der Waals surface area contributed by atoms with E-state index in [4.69, 9.17) is 9.47 Å². The van der Waals surface area contributed by atoms with Crippen molar-refractivity contribution >= 4 is 0 Å². The Hall–Kier alpha value is -1.44. The topological polar surface area (TPSA) is 55.1 Å². The minimum atomic E-state index is -0.247. The van der Waals surface area contributed by atoms with Crippen molar-refractivity contribution in [3.05, 3.63) is 30.1 Å². The van der Waals surface area contributed by atoms with Crippen LogP contribution in [0.15, 0.2) is 24.4 Å². The maximum atomic E-state index is 9.25. The predicted molar refractivity (Wildman–Crippen MR) is 76.2 cm³/mol. The summed E-state index contributed by atoms with van der Waals surface area (Å²) in [6.45, 7) is 3.44. The van der Waals surface area contributed by atoms with Crippen LogP contribution in [0.4, 0.5) is 0 Å². The lowest BCUT2D eigenvalue weighted by molar-refractivity contribution is -0.107. The van der Waals surface area contributed by atoms with Gasteiger partial charge in [-0.1, -0.05) is 6.07 Å². The molecule has 0 aliphatic carbocycles. The first-order valence-corrected chi connectivity index (χ1v) is 7.06. The minimum Gasteiger partial charge on any atom is -0.385 e. The van der Waals surface area contributed by atoms with Crippen LogP contribution in [0.1, 0.15) is 38.3 Å². The van der Waals surface area contributed by atoms with Crippen LogP contribution in [-0.4, -0.2) is 30.9 Å². The lowest BCUT2D eigenvalue weighted by Gasteiger charge is -2.45. The SMILES string of the molecule is COCC[C@]1(C)C[C@](CC#N)(c2ccccn2)CCO1. The maximum Gasteiger partial charge on any atom is 0.0685 e. The molecule has 108 valence electrons. The summed E-state index contributed by atoms with van der Waals surface area (Å²) >= 11 is 0. The molecule has 0 aromatic carbocycles. The van der Waals surface area contributed by atoms with E-state index in [9.17, 15) is 5.26 Å². The lowest BCUT2D eigenvalue weighted by atomic mass is 9.68. The number of ether oxygens (including phenoxy) is 2. The number of hydrogen-bond donors (Lipinski definition) is 0. The summed E-state index contributed by atoms with van der Waals surface area (Å²) in [5.74, 6) is 0. The fraction of sp³-hybridized carbons (Fsp3) is 0.625. The highest BCUT2D eigenvalue weighted by molar-refractivity contribution is 5.21. The highest BCUT2D eigenvalue weighted by atomic mass is 16.5. The van der Waals surface area contributed by atoms with E-state index in [0.29, 0.717) is 19.6 Å². The molecule has 1 aromatic heterocycles. The molecule has 0 N–H and O–H groups in total. The summed E-state index contributed by atoms with van der Waals surface area (Å²) in [4.78, 5) is 4.50. The minimum absolute atomic E-state index is 0.198. The standard InChI is InChI=1S/C16H22N2O2/c1-15(7-11-19-2)13-16(6-9-17,8-12-20-15)14-5-3-4-10-18-14/h3-5,10H,6-8,11-13H2,1-2H3/t15-,16-/m1/s1. The molecule has 2 heterocycles. The van der Waals surface area contributed by atoms with Gasteiger partial charge in [-0.05, 0) is 38.3 Å². The molecule has 0 bridgehead atoms. The fourth-order valence-corrected chi connectivity index (χ4v) is 3.11. The zero-order valence-corrected chi connectivity index (χ0v) is 12.3. The molecule has 1 saturated heterocycles. The highest BCUT2D eigenvalue weighted by Gasteiger charge is 2.44. The van der Waals surface area contributed by atoms with E-state index >= 15 is 0 Å². The number of aromatic nitrogens is 1. The van der Waals surface area contributed by atoms with Crippen LogP contribution in [0.5, 0.6) is 0 Å². The third-order valence-electron chi connectivity index (χ3n) is 4.20. The van der Waals surface area contributed by atoms with Crippen molar-refractivity contribution in [3.63, 3.8) is 0 Å². The first kappa shape index (κ1) is 15.0. The summed E-state index contributed by atoms with van der Waals surface area (Å²) in [5.41, 5.74) is 0.563. The van der Waals surface area contributed by atoms with Gasteiger partial charge in [-0.15, -0.1) is 0 Å². The van der Waals surface area contributed by atoms with Gasteiger partial charge in [0, 0.05) is 44.1 Å². The van der Waals surface area contributed by atoms with Gasteiger partial charge in [-0.3, -0.25) is 4.98 Å². The second kappa shape index (κ2) is 6.34.